The van der Waals surface area contributed by atoms with Gasteiger partial charge in [-0.05, 0) is 37.6 Å². The Morgan fingerprint density at radius 1 is 1.00 bits per heavy atom. The van der Waals surface area contributed by atoms with Gasteiger partial charge < -0.3 is 15.4 Å². The molecule has 2 aromatic rings. The van der Waals surface area contributed by atoms with Crippen molar-refractivity contribution in [3.05, 3.63) is 59.7 Å². The largest absolute Gasteiger partial charge is 0.573 e. The number of para-hydroxylation sites is 2. The molecule has 2 rings (SSSR count). The maximum absolute atomic E-state index is 12.5. The lowest BCUT2D eigenvalue weighted by Gasteiger charge is -2.21. The van der Waals surface area contributed by atoms with Crippen molar-refractivity contribution in [3.63, 3.8) is 0 Å². The number of halogens is 3. The van der Waals surface area contributed by atoms with Crippen molar-refractivity contribution in [2.75, 3.05) is 25.0 Å². The van der Waals surface area contributed by atoms with Crippen LogP contribution < -0.4 is 15.4 Å². The first kappa shape index (κ1) is 24.2. The molecular formula is C22H26F3N3O3. The van der Waals surface area contributed by atoms with Crippen molar-refractivity contribution < 1.29 is 27.5 Å². The van der Waals surface area contributed by atoms with Crippen molar-refractivity contribution >= 4 is 17.5 Å². The van der Waals surface area contributed by atoms with Gasteiger partial charge in [0.05, 0.1) is 13.1 Å². The molecule has 0 bridgehead atoms. The predicted octanol–water partition coefficient (Wildman–Crippen LogP) is 3.86. The molecule has 2 aromatic carbocycles. The molecule has 0 radical (unpaired) electrons. The molecule has 0 aliphatic rings. The molecule has 2 N–H and O–H groups in total. The third-order valence-corrected chi connectivity index (χ3v) is 4.37. The van der Waals surface area contributed by atoms with Gasteiger partial charge in [0.2, 0.25) is 11.8 Å². The van der Waals surface area contributed by atoms with Gasteiger partial charge in [0.1, 0.15) is 5.75 Å². The minimum Gasteiger partial charge on any atom is -0.405 e. The second kappa shape index (κ2) is 11.4. The molecular weight excluding hydrogens is 411 g/mol. The number of carbonyl (C=O) groups is 2. The van der Waals surface area contributed by atoms with E-state index in [-0.39, 0.29) is 36.9 Å². The highest BCUT2D eigenvalue weighted by molar-refractivity contribution is 5.93. The first-order valence-corrected chi connectivity index (χ1v) is 9.86. The summed E-state index contributed by atoms with van der Waals surface area (Å²) in [6.45, 7) is 4.16. The molecule has 0 aromatic heterocycles. The number of aryl methyl sites for hydroxylation is 1. The Morgan fingerprint density at radius 3 is 2.32 bits per heavy atom. The molecule has 168 valence electrons. The molecule has 0 fully saturated rings. The molecule has 0 atom stereocenters. The molecule has 2 amide bonds. The van der Waals surface area contributed by atoms with Gasteiger partial charge in [-0.1, -0.05) is 43.3 Å². The molecule has 0 saturated heterocycles. The van der Waals surface area contributed by atoms with Gasteiger partial charge in [0.25, 0.3) is 0 Å². The minimum absolute atomic E-state index is 0.0172. The van der Waals surface area contributed by atoms with Crippen LogP contribution >= 0.6 is 0 Å². The van der Waals surface area contributed by atoms with Crippen LogP contribution in [0.3, 0.4) is 0 Å². The van der Waals surface area contributed by atoms with Gasteiger partial charge >= 0.3 is 6.36 Å². The van der Waals surface area contributed by atoms with Crippen molar-refractivity contribution in [1.29, 1.82) is 0 Å². The van der Waals surface area contributed by atoms with E-state index in [2.05, 4.69) is 15.4 Å². The Hall–Kier alpha value is -3.07. The summed E-state index contributed by atoms with van der Waals surface area (Å²) in [5, 5.41) is 5.41. The fourth-order valence-corrected chi connectivity index (χ4v) is 2.96. The number of hydrogen-bond donors (Lipinski definition) is 2. The summed E-state index contributed by atoms with van der Waals surface area (Å²) in [7, 11) is 0. The average molecular weight is 437 g/mol. The number of alkyl halides is 3. The molecule has 0 aliphatic carbocycles. The molecule has 0 aliphatic heterocycles. The lowest BCUT2D eigenvalue weighted by atomic mass is 10.2. The predicted molar refractivity (Wildman–Crippen MR) is 112 cm³/mol. The maximum Gasteiger partial charge on any atom is 0.573 e. The van der Waals surface area contributed by atoms with Crippen molar-refractivity contribution in [2.24, 2.45) is 0 Å². The Morgan fingerprint density at radius 2 is 1.65 bits per heavy atom. The van der Waals surface area contributed by atoms with E-state index in [0.29, 0.717) is 12.2 Å². The number of amides is 2. The monoisotopic (exact) mass is 437 g/mol. The van der Waals surface area contributed by atoms with E-state index in [9.17, 15) is 22.8 Å². The summed E-state index contributed by atoms with van der Waals surface area (Å²) in [6, 6.07) is 13.0. The lowest BCUT2D eigenvalue weighted by Crippen LogP contribution is -2.41. The normalized spacial score (nSPS) is 11.3. The molecule has 31 heavy (non-hydrogen) atoms. The molecule has 0 unspecified atom stereocenters. The fourth-order valence-electron chi connectivity index (χ4n) is 2.96. The highest BCUT2D eigenvalue weighted by Crippen LogP contribution is 2.26. The van der Waals surface area contributed by atoms with E-state index in [4.69, 9.17) is 0 Å². The first-order valence-electron chi connectivity index (χ1n) is 9.86. The third-order valence-electron chi connectivity index (χ3n) is 4.37. The quantitative estimate of drug-likeness (QED) is 0.592. The van der Waals surface area contributed by atoms with E-state index in [1.54, 1.807) is 17.0 Å². The number of benzene rings is 2. The average Bonchev–Trinajstić information content (AvgIpc) is 2.68. The van der Waals surface area contributed by atoms with Crippen LogP contribution in [0.4, 0.5) is 18.9 Å². The zero-order valence-electron chi connectivity index (χ0n) is 17.5. The standard InChI is InChI=1S/C22H26F3N3O3/c1-3-12-28(15-21(30)27-18-10-6-4-8-16(18)2)14-20(29)26-13-17-9-5-7-11-19(17)31-22(23,24)25/h4-11H,3,12-15H2,1-2H3,(H,26,29)(H,27,30). The Bertz CT molecular complexity index is 888. The number of nitrogens with zero attached hydrogens (tertiary/aromatic N) is 1. The van der Waals surface area contributed by atoms with Gasteiger partial charge in [-0.15, -0.1) is 13.2 Å². The number of nitrogens with one attached hydrogen (secondary N) is 2. The van der Waals surface area contributed by atoms with Crippen molar-refractivity contribution in [1.82, 2.24) is 10.2 Å². The van der Waals surface area contributed by atoms with E-state index in [0.717, 1.165) is 12.0 Å². The summed E-state index contributed by atoms with van der Waals surface area (Å²) in [5.74, 6) is -1.02. The molecule has 9 heteroatoms. The number of ether oxygens (including phenoxy) is 1. The Labute approximate surface area is 179 Å². The van der Waals surface area contributed by atoms with Gasteiger partial charge in [0.15, 0.2) is 0 Å². The summed E-state index contributed by atoms with van der Waals surface area (Å²) >= 11 is 0. The zero-order valence-corrected chi connectivity index (χ0v) is 17.5. The van der Waals surface area contributed by atoms with E-state index < -0.39 is 12.3 Å². The zero-order chi connectivity index (χ0) is 22.9. The van der Waals surface area contributed by atoms with Crippen molar-refractivity contribution in [3.8, 4) is 5.75 Å². The summed E-state index contributed by atoms with van der Waals surface area (Å²) in [6.07, 6.45) is -4.09. The SMILES string of the molecule is CCCN(CC(=O)NCc1ccccc1OC(F)(F)F)CC(=O)Nc1ccccc1C. The minimum atomic E-state index is -4.82. The molecule has 6 nitrogen and oxygen atoms in total. The van der Waals surface area contributed by atoms with Gasteiger partial charge in [-0.2, -0.15) is 0 Å². The molecule has 0 spiro atoms. The highest BCUT2D eigenvalue weighted by atomic mass is 19.4. The summed E-state index contributed by atoms with van der Waals surface area (Å²) in [5.41, 5.74) is 1.83. The van der Waals surface area contributed by atoms with E-state index >= 15 is 0 Å². The van der Waals surface area contributed by atoms with Crippen LogP contribution in [0.15, 0.2) is 48.5 Å². The van der Waals surface area contributed by atoms with Crippen LogP contribution in [-0.2, 0) is 16.1 Å². The number of carbonyl (C=O) groups excluding carboxylic acids is 2. The van der Waals surface area contributed by atoms with Crippen LogP contribution in [0.2, 0.25) is 0 Å². The fraction of sp³-hybridized carbons (Fsp3) is 0.364. The second-order valence-electron chi connectivity index (χ2n) is 7.01. The topological polar surface area (TPSA) is 70.7 Å². The maximum atomic E-state index is 12.5. The van der Waals surface area contributed by atoms with Crippen molar-refractivity contribution in [2.45, 2.75) is 33.2 Å². The lowest BCUT2D eigenvalue weighted by molar-refractivity contribution is -0.274. The van der Waals surface area contributed by atoms with Crippen LogP contribution in [0.1, 0.15) is 24.5 Å². The Kier molecular flexibility index (Phi) is 8.87. The van der Waals surface area contributed by atoms with E-state index in [1.807, 2.05) is 32.0 Å². The van der Waals surface area contributed by atoms with Crippen LogP contribution in [0.5, 0.6) is 5.75 Å². The van der Waals surface area contributed by atoms with Gasteiger partial charge in [-0.25, -0.2) is 0 Å². The molecule has 0 heterocycles. The number of hydrogen-bond acceptors (Lipinski definition) is 4. The number of anilines is 1. The second-order valence-corrected chi connectivity index (χ2v) is 7.01. The van der Waals surface area contributed by atoms with Gasteiger partial charge in [-0.3, -0.25) is 14.5 Å². The Balaban J connectivity index is 1.91. The summed E-state index contributed by atoms with van der Waals surface area (Å²) < 4.78 is 41.6. The van der Waals surface area contributed by atoms with E-state index in [1.165, 1.54) is 18.2 Å². The molecule has 0 saturated carbocycles. The van der Waals surface area contributed by atoms with Crippen LogP contribution in [0, 0.1) is 6.92 Å². The van der Waals surface area contributed by atoms with Crippen LogP contribution in [-0.4, -0.2) is 42.7 Å². The third kappa shape index (κ3) is 8.67. The van der Waals surface area contributed by atoms with Crippen LogP contribution in [0.25, 0.3) is 0 Å². The van der Waals surface area contributed by atoms with Gasteiger partial charge in [0, 0.05) is 17.8 Å². The summed E-state index contributed by atoms with van der Waals surface area (Å²) in [4.78, 5) is 26.4. The smallest absolute Gasteiger partial charge is 0.405 e. The highest BCUT2D eigenvalue weighted by Gasteiger charge is 2.32. The first-order chi connectivity index (χ1) is 14.7. The number of rotatable bonds is 10.